The van der Waals surface area contributed by atoms with E-state index in [1.54, 1.807) is 48.5 Å². The number of amides is 1. The van der Waals surface area contributed by atoms with E-state index in [0.29, 0.717) is 22.8 Å². The summed E-state index contributed by atoms with van der Waals surface area (Å²) in [7, 11) is 1.51. The Morgan fingerprint density at radius 1 is 0.914 bits per heavy atom. The molecular formula is C28H22N2O5. The first kappa shape index (κ1) is 22.0. The molecule has 2 heterocycles. The van der Waals surface area contributed by atoms with Crippen molar-refractivity contribution in [3.05, 3.63) is 114 Å². The molecule has 1 aliphatic rings. The second-order valence-electron chi connectivity index (χ2n) is 7.95. The van der Waals surface area contributed by atoms with Gasteiger partial charge in [-0.15, -0.1) is 0 Å². The lowest BCUT2D eigenvalue weighted by Gasteiger charge is -2.23. The molecule has 0 spiro atoms. The van der Waals surface area contributed by atoms with E-state index < -0.39 is 17.7 Å². The first-order valence-corrected chi connectivity index (χ1v) is 11.0. The maximum Gasteiger partial charge on any atom is 0.300 e. The van der Waals surface area contributed by atoms with Crippen LogP contribution in [0.2, 0.25) is 0 Å². The number of ketones is 1. The van der Waals surface area contributed by atoms with Crippen molar-refractivity contribution < 1.29 is 23.8 Å². The van der Waals surface area contributed by atoms with Crippen LogP contribution in [-0.2, 0) is 9.59 Å². The molecule has 1 amide bonds. The number of nitrogens with zero attached hydrogens (tertiary/aromatic N) is 1. The zero-order valence-electron chi connectivity index (χ0n) is 18.8. The third-order valence-electron chi connectivity index (χ3n) is 5.81. The number of ether oxygens (including phenoxy) is 1. The molecule has 35 heavy (non-hydrogen) atoms. The molecule has 5 rings (SSSR count). The van der Waals surface area contributed by atoms with E-state index in [9.17, 15) is 14.7 Å². The standard InChI is InChI=1S/C28H22N2O5/c1-34-22-10-5-7-18(17-22)26(31)24-25(23-11-6-16-35-23)30(28(33)27(24)32)21-14-12-20(13-15-21)29-19-8-3-2-4-9-19/h2-17,25,29,31H,1H3/b26-24-. The minimum Gasteiger partial charge on any atom is -0.507 e. The Labute approximate surface area is 201 Å². The van der Waals surface area contributed by atoms with Gasteiger partial charge in [0.2, 0.25) is 0 Å². The summed E-state index contributed by atoms with van der Waals surface area (Å²) >= 11 is 0. The van der Waals surface area contributed by atoms with Gasteiger partial charge in [0, 0.05) is 22.6 Å². The topological polar surface area (TPSA) is 92.0 Å². The van der Waals surface area contributed by atoms with Gasteiger partial charge in [0.1, 0.15) is 23.3 Å². The number of hydrogen-bond donors (Lipinski definition) is 2. The van der Waals surface area contributed by atoms with Crippen LogP contribution in [0, 0.1) is 0 Å². The molecule has 174 valence electrons. The summed E-state index contributed by atoms with van der Waals surface area (Å²) in [6, 6.07) is 25.9. The van der Waals surface area contributed by atoms with Gasteiger partial charge in [-0.25, -0.2) is 0 Å². The van der Waals surface area contributed by atoms with Crippen LogP contribution in [0.4, 0.5) is 17.1 Å². The third kappa shape index (κ3) is 4.15. The van der Waals surface area contributed by atoms with Crippen LogP contribution in [-0.4, -0.2) is 23.9 Å². The normalized spacial score (nSPS) is 16.9. The lowest BCUT2D eigenvalue weighted by atomic mass is 9.99. The SMILES string of the molecule is COc1cccc(/C(O)=C2/C(=O)C(=O)N(c3ccc(Nc4ccccc4)cc3)C2c2ccco2)c1. The number of carbonyl (C=O) groups excluding carboxylic acids is 2. The number of Topliss-reactive ketones (excluding diaryl/α,β-unsaturated/α-hetero) is 1. The summed E-state index contributed by atoms with van der Waals surface area (Å²) in [4.78, 5) is 27.7. The van der Waals surface area contributed by atoms with E-state index >= 15 is 0 Å². The molecule has 0 radical (unpaired) electrons. The number of rotatable bonds is 6. The monoisotopic (exact) mass is 466 g/mol. The van der Waals surface area contributed by atoms with Gasteiger partial charge < -0.3 is 19.6 Å². The van der Waals surface area contributed by atoms with E-state index in [0.717, 1.165) is 11.4 Å². The molecule has 1 aliphatic heterocycles. The number of aliphatic hydroxyl groups is 1. The van der Waals surface area contributed by atoms with E-state index in [1.165, 1.54) is 18.3 Å². The zero-order valence-corrected chi connectivity index (χ0v) is 18.8. The first-order chi connectivity index (χ1) is 17.1. The molecule has 1 atom stereocenters. The fourth-order valence-electron chi connectivity index (χ4n) is 4.13. The number of benzene rings is 3. The van der Waals surface area contributed by atoms with Crippen molar-refractivity contribution in [1.82, 2.24) is 0 Å². The highest BCUT2D eigenvalue weighted by Gasteiger charge is 2.48. The number of aliphatic hydroxyl groups excluding tert-OH is 1. The van der Waals surface area contributed by atoms with Crippen LogP contribution in [0.3, 0.4) is 0 Å². The van der Waals surface area contributed by atoms with Gasteiger partial charge >= 0.3 is 0 Å². The highest BCUT2D eigenvalue weighted by atomic mass is 16.5. The number of nitrogens with one attached hydrogen (secondary N) is 1. The van der Waals surface area contributed by atoms with E-state index in [2.05, 4.69) is 5.32 Å². The third-order valence-corrected chi connectivity index (χ3v) is 5.81. The van der Waals surface area contributed by atoms with Crippen molar-refractivity contribution in [2.45, 2.75) is 6.04 Å². The molecule has 0 saturated carbocycles. The average molecular weight is 466 g/mol. The molecule has 3 aromatic carbocycles. The van der Waals surface area contributed by atoms with Crippen molar-refractivity contribution in [3.63, 3.8) is 0 Å². The Morgan fingerprint density at radius 2 is 1.66 bits per heavy atom. The van der Waals surface area contributed by atoms with Crippen LogP contribution in [0.5, 0.6) is 5.75 Å². The van der Waals surface area contributed by atoms with Gasteiger partial charge in [-0.2, -0.15) is 0 Å². The van der Waals surface area contributed by atoms with Crippen molar-refractivity contribution in [3.8, 4) is 5.75 Å². The molecule has 0 aliphatic carbocycles. The van der Waals surface area contributed by atoms with Gasteiger partial charge in [0.05, 0.1) is 18.9 Å². The van der Waals surface area contributed by atoms with E-state index in [-0.39, 0.29) is 11.3 Å². The summed E-state index contributed by atoms with van der Waals surface area (Å²) in [6.45, 7) is 0. The van der Waals surface area contributed by atoms with Crippen LogP contribution in [0.15, 0.2) is 107 Å². The summed E-state index contributed by atoms with van der Waals surface area (Å²) in [5, 5.41) is 14.4. The molecule has 2 N–H and O–H groups in total. The Balaban J connectivity index is 1.56. The van der Waals surface area contributed by atoms with Crippen molar-refractivity contribution in [2.24, 2.45) is 0 Å². The minimum atomic E-state index is -0.927. The second kappa shape index (κ2) is 9.23. The zero-order chi connectivity index (χ0) is 24.4. The maximum absolute atomic E-state index is 13.2. The predicted octanol–water partition coefficient (Wildman–Crippen LogP) is 5.66. The summed E-state index contributed by atoms with van der Waals surface area (Å²) in [6.07, 6.45) is 1.47. The molecule has 0 bridgehead atoms. The number of para-hydroxylation sites is 1. The lowest BCUT2D eigenvalue weighted by molar-refractivity contribution is -0.132. The Hall–Kier alpha value is -4.78. The van der Waals surface area contributed by atoms with Gasteiger partial charge in [-0.1, -0.05) is 30.3 Å². The van der Waals surface area contributed by atoms with Crippen LogP contribution >= 0.6 is 0 Å². The molecule has 7 nitrogen and oxygen atoms in total. The minimum absolute atomic E-state index is 0.0512. The number of carbonyl (C=O) groups is 2. The molecule has 1 fully saturated rings. The van der Waals surface area contributed by atoms with Crippen LogP contribution < -0.4 is 15.0 Å². The van der Waals surface area contributed by atoms with E-state index in [4.69, 9.17) is 9.15 Å². The molecule has 4 aromatic rings. The molecule has 1 saturated heterocycles. The van der Waals surface area contributed by atoms with Crippen LogP contribution in [0.1, 0.15) is 17.4 Å². The van der Waals surface area contributed by atoms with Crippen molar-refractivity contribution in [1.29, 1.82) is 0 Å². The summed E-state index contributed by atoms with van der Waals surface area (Å²) in [5.74, 6) is -0.967. The highest BCUT2D eigenvalue weighted by Crippen LogP contribution is 2.42. The van der Waals surface area contributed by atoms with Crippen molar-refractivity contribution >= 4 is 34.5 Å². The Bertz CT molecular complexity index is 1390. The average Bonchev–Trinajstić information content (AvgIpc) is 3.52. The Morgan fingerprint density at radius 3 is 2.34 bits per heavy atom. The smallest absolute Gasteiger partial charge is 0.300 e. The van der Waals surface area contributed by atoms with Gasteiger partial charge in [-0.3, -0.25) is 14.5 Å². The van der Waals surface area contributed by atoms with Crippen molar-refractivity contribution in [2.75, 3.05) is 17.3 Å². The maximum atomic E-state index is 13.2. The number of methoxy groups -OCH3 is 1. The number of furan rings is 1. The van der Waals surface area contributed by atoms with Gasteiger partial charge in [0.15, 0.2) is 0 Å². The Kier molecular flexibility index (Phi) is 5.81. The second-order valence-corrected chi connectivity index (χ2v) is 7.95. The molecule has 1 aromatic heterocycles. The quantitative estimate of drug-likeness (QED) is 0.216. The predicted molar refractivity (Wildman–Crippen MR) is 133 cm³/mol. The van der Waals surface area contributed by atoms with Crippen LogP contribution in [0.25, 0.3) is 5.76 Å². The lowest BCUT2D eigenvalue weighted by Crippen LogP contribution is -2.29. The number of anilines is 3. The van der Waals surface area contributed by atoms with Gasteiger partial charge in [-0.05, 0) is 60.7 Å². The largest absolute Gasteiger partial charge is 0.507 e. The molecule has 7 heteroatoms. The highest BCUT2D eigenvalue weighted by molar-refractivity contribution is 6.51. The summed E-state index contributed by atoms with van der Waals surface area (Å²) in [5.41, 5.74) is 2.56. The first-order valence-electron chi connectivity index (χ1n) is 11.0. The van der Waals surface area contributed by atoms with Gasteiger partial charge in [0.25, 0.3) is 11.7 Å². The van der Waals surface area contributed by atoms with E-state index in [1.807, 2.05) is 42.5 Å². The fourth-order valence-corrected chi connectivity index (χ4v) is 4.13. The number of hydrogen-bond acceptors (Lipinski definition) is 6. The fraction of sp³-hybridized carbons (Fsp3) is 0.0714. The molecular weight excluding hydrogens is 444 g/mol. The molecule has 1 unspecified atom stereocenters. The summed E-state index contributed by atoms with van der Waals surface area (Å²) < 4.78 is 10.8.